The summed E-state index contributed by atoms with van der Waals surface area (Å²) >= 11 is 0. The van der Waals surface area contributed by atoms with Crippen molar-refractivity contribution in [3.63, 3.8) is 0 Å². The monoisotopic (exact) mass is 398 g/mol. The van der Waals surface area contributed by atoms with Crippen molar-refractivity contribution in [1.29, 1.82) is 0 Å². The number of likely N-dealkylation sites (N-methyl/N-ethyl adjacent to an activating group) is 1. The molecule has 0 heterocycles. The molecule has 2 N–H and O–H groups in total. The Morgan fingerprint density at radius 3 is 2.34 bits per heavy atom. The Labute approximate surface area is 172 Å². The first kappa shape index (κ1) is 22.4. The summed E-state index contributed by atoms with van der Waals surface area (Å²) in [5, 5.41) is 7.61. The van der Waals surface area contributed by atoms with Crippen LogP contribution in [0.25, 0.3) is 10.8 Å². The fourth-order valence-corrected chi connectivity index (χ4v) is 3.50. The van der Waals surface area contributed by atoms with Gasteiger partial charge < -0.3 is 15.4 Å². The highest BCUT2D eigenvalue weighted by molar-refractivity contribution is 5.91. The number of fused-ring (bicyclic) bond motifs is 1. The Kier molecular flexibility index (Phi) is 8.19. The van der Waals surface area contributed by atoms with Crippen molar-refractivity contribution in [2.75, 3.05) is 14.2 Å². The van der Waals surface area contributed by atoms with Crippen molar-refractivity contribution in [2.45, 2.75) is 39.2 Å². The average molecular weight is 399 g/mol. The van der Waals surface area contributed by atoms with Gasteiger partial charge in [-0.05, 0) is 28.7 Å². The molecule has 2 atom stereocenters. The number of hydrogen-bond donors (Lipinski definition) is 2. The van der Waals surface area contributed by atoms with Crippen LogP contribution < -0.4 is 10.6 Å². The van der Waals surface area contributed by atoms with Crippen molar-refractivity contribution < 1.29 is 19.1 Å². The molecule has 0 unspecified atom stereocenters. The molecule has 2 amide bonds. The van der Waals surface area contributed by atoms with Crippen LogP contribution in [0, 0.1) is 11.8 Å². The van der Waals surface area contributed by atoms with E-state index in [1.54, 1.807) is 7.05 Å². The minimum Gasteiger partial charge on any atom is -0.469 e. The minimum atomic E-state index is -0.731. The molecule has 0 saturated heterocycles. The van der Waals surface area contributed by atoms with Crippen molar-refractivity contribution >= 4 is 28.6 Å². The number of carbonyl (C=O) groups is 3. The first-order valence-electron chi connectivity index (χ1n) is 9.91. The molecule has 0 spiro atoms. The second-order valence-electron chi connectivity index (χ2n) is 7.62. The maximum Gasteiger partial charge on any atom is 0.306 e. The highest BCUT2D eigenvalue weighted by Gasteiger charge is 2.28. The van der Waals surface area contributed by atoms with Gasteiger partial charge in [-0.25, -0.2) is 0 Å². The van der Waals surface area contributed by atoms with Crippen molar-refractivity contribution in [3.8, 4) is 0 Å². The third kappa shape index (κ3) is 6.31. The van der Waals surface area contributed by atoms with Gasteiger partial charge in [0.2, 0.25) is 11.8 Å². The molecule has 0 aliphatic rings. The van der Waals surface area contributed by atoms with Gasteiger partial charge in [0.1, 0.15) is 6.04 Å². The second-order valence-corrected chi connectivity index (χ2v) is 7.62. The Morgan fingerprint density at radius 1 is 1.00 bits per heavy atom. The van der Waals surface area contributed by atoms with Crippen LogP contribution in [0.5, 0.6) is 0 Å². The van der Waals surface area contributed by atoms with E-state index in [1.165, 1.54) is 7.11 Å². The minimum absolute atomic E-state index is 0.00472. The van der Waals surface area contributed by atoms with E-state index in [0.717, 1.165) is 16.3 Å². The fraction of sp³-hybridized carbons (Fsp3) is 0.435. The van der Waals surface area contributed by atoms with Crippen LogP contribution in [-0.4, -0.2) is 38.0 Å². The van der Waals surface area contributed by atoms with Crippen LogP contribution in [-0.2, 0) is 25.5 Å². The Balaban J connectivity index is 2.23. The van der Waals surface area contributed by atoms with Gasteiger partial charge in [0.05, 0.1) is 13.5 Å². The number of amides is 2. The van der Waals surface area contributed by atoms with E-state index >= 15 is 0 Å². The van der Waals surface area contributed by atoms with E-state index in [4.69, 9.17) is 4.74 Å². The number of nitrogens with one attached hydrogen (secondary N) is 2. The van der Waals surface area contributed by atoms with Gasteiger partial charge in [-0.1, -0.05) is 56.3 Å². The molecule has 0 aromatic heterocycles. The molecule has 0 aliphatic heterocycles. The summed E-state index contributed by atoms with van der Waals surface area (Å²) in [6.07, 6.45) is 0.893. The lowest BCUT2D eigenvalue weighted by Gasteiger charge is -2.23. The Morgan fingerprint density at radius 2 is 1.69 bits per heavy atom. The number of rotatable bonds is 9. The fourth-order valence-electron chi connectivity index (χ4n) is 3.50. The number of benzene rings is 2. The first-order valence-corrected chi connectivity index (χ1v) is 9.91. The van der Waals surface area contributed by atoms with Crippen LogP contribution in [0.1, 0.15) is 32.3 Å². The summed E-state index contributed by atoms with van der Waals surface area (Å²) in [5.74, 6) is -1.32. The van der Waals surface area contributed by atoms with Gasteiger partial charge in [-0.2, -0.15) is 0 Å². The molecule has 156 valence electrons. The summed E-state index contributed by atoms with van der Waals surface area (Å²) < 4.78 is 4.73. The largest absolute Gasteiger partial charge is 0.469 e. The molecule has 2 aromatic rings. The number of carbonyl (C=O) groups excluding carboxylic acids is 3. The third-order valence-electron chi connectivity index (χ3n) is 4.95. The second kappa shape index (κ2) is 10.6. The number of hydrogen-bond acceptors (Lipinski definition) is 4. The number of methoxy groups -OCH3 is 1. The summed E-state index contributed by atoms with van der Waals surface area (Å²) in [7, 11) is 2.85. The molecule has 0 saturated carbocycles. The normalized spacial score (nSPS) is 13.0. The molecular weight excluding hydrogens is 368 g/mol. The standard InChI is InChI=1S/C23H30N2O4/c1-15(2)12-18(14-21(26)29-4)22(27)25-20(23(28)24-3)13-17-10-7-9-16-8-5-6-11-19(16)17/h5-11,15,18,20H,12-14H2,1-4H3,(H,24,28)(H,25,27)/t18-,20+/m1/s1. The molecule has 6 nitrogen and oxygen atoms in total. The van der Waals surface area contributed by atoms with Gasteiger partial charge in [0.25, 0.3) is 0 Å². The van der Waals surface area contributed by atoms with Crippen LogP contribution in [0.15, 0.2) is 42.5 Å². The molecule has 0 radical (unpaired) electrons. The maximum atomic E-state index is 12.9. The first-order chi connectivity index (χ1) is 13.8. The van der Waals surface area contributed by atoms with E-state index in [0.29, 0.717) is 12.8 Å². The lowest BCUT2D eigenvalue weighted by Crippen LogP contribution is -2.49. The predicted molar refractivity (Wildman–Crippen MR) is 113 cm³/mol. The molecule has 6 heteroatoms. The molecular formula is C23H30N2O4. The summed E-state index contributed by atoms with van der Waals surface area (Å²) in [4.78, 5) is 37.1. The van der Waals surface area contributed by atoms with E-state index in [9.17, 15) is 14.4 Å². The lowest BCUT2D eigenvalue weighted by molar-refractivity contribution is -0.144. The summed E-state index contributed by atoms with van der Waals surface area (Å²) in [5.41, 5.74) is 0.977. The smallest absolute Gasteiger partial charge is 0.306 e. The Bertz CT molecular complexity index is 858. The molecule has 0 aliphatic carbocycles. The van der Waals surface area contributed by atoms with E-state index in [2.05, 4.69) is 10.6 Å². The highest BCUT2D eigenvalue weighted by Crippen LogP contribution is 2.21. The van der Waals surface area contributed by atoms with Crippen LogP contribution in [0.4, 0.5) is 0 Å². The SMILES string of the molecule is CNC(=O)[C@H](Cc1cccc2ccccc12)NC(=O)[C@@H](CC(=O)OC)CC(C)C. The molecule has 0 fully saturated rings. The highest BCUT2D eigenvalue weighted by atomic mass is 16.5. The van der Waals surface area contributed by atoms with Gasteiger partial charge >= 0.3 is 5.97 Å². The van der Waals surface area contributed by atoms with E-state index in [-0.39, 0.29) is 24.2 Å². The maximum absolute atomic E-state index is 12.9. The molecule has 29 heavy (non-hydrogen) atoms. The van der Waals surface area contributed by atoms with Gasteiger partial charge in [0.15, 0.2) is 0 Å². The van der Waals surface area contributed by atoms with Crippen molar-refractivity contribution in [2.24, 2.45) is 11.8 Å². The third-order valence-corrected chi connectivity index (χ3v) is 4.95. The van der Waals surface area contributed by atoms with Crippen molar-refractivity contribution in [1.82, 2.24) is 10.6 Å². The van der Waals surface area contributed by atoms with Gasteiger partial charge in [-0.15, -0.1) is 0 Å². The average Bonchev–Trinajstić information content (AvgIpc) is 2.71. The van der Waals surface area contributed by atoms with Gasteiger partial charge in [-0.3, -0.25) is 14.4 Å². The zero-order valence-corrected chi connectivity index (χ0v) is 17.5. The quantitative estimate of drug-likeness (QED) is 0.636. The number of ether oxygens (including phenoxy) is 1. The van der Waals surface area contributed by atoms with Crippen LogP contribution in [0.2, 0.25) is 0 Å². The van der Waals surface area contributed by atoms with E-state index < -0.39 is 17.9 Å². The zero-order chi connectivity index (χ0) is 21.4. The van der Waals surface area contributed by atoms with Crippen molar-refractivity contribution in [3.05, 3.63) is 48.0 Å². The number of esters is 1. The topological polar surface area (TPSA) is 84.5 Å². The molecule has 2 aromatic carbocycles. The van der Waals surface area contributed by atoms with Crippen LogP contribution in [0.3, 0.4) is 0 Å². The summed E-state index contributed by atoms with van der Waals surface area (Å²) in [6, 6.07) is 13.1. The molecule has 0 bridgehead atoms. The van der Waals surface area contributed by atoms with E-state index in [1.807, 2.05) is 56.3 Å². The Hall–Kier alpha value is -2.89. The predicted octanol–water partition coefficient (Wildman–Crippen LogP) is 2.84. The van der Waals surface area contributed by atoms with Gasteiger partial charge in [0, 0.05) is 19.4 Å². The van der Waals surface area contributed by atoms with Crippen LogP contribution >= 0.6 is 0 Å². The zero-order valence-electron chi connectivity index (χ0n) is 17.5. The lowest BCUT2D eigenvalue weighted by atomic mass is 9.92. The summed E-state index contributed by atoms with van der Waals surface area (Å²) in [6.45, 7) is 3.98. The molecule has 2 rings (SSSR count).